The molecule has 0 unspecified atom stereocenters. The van der Waals surface area contributed by atoms with Gasteiger partial charge in [-0.25, -0.2) is 9.59 Å². The van der Waals surface area contributed by atoms with E-state index < -0.39 is 17.7 Å². The first kappa shape index (κ1) is 23.0. The summed E-state index contributed by atoms with van der Waals surface area (Å²) in [7, 11) is 1.11. The molecule has 1 amide bonds. The summed E-state index contributed by atoms with van der Waals surface area (Å²) in [4.78, 5) is 26.4. The molecule has 0 aromatic carbocycles. The van der Waals surface area contributed by atoms with Crippen LogP contribution in [0, 0.1) is 5.92 Å². The molecule has 2 saturated heterocycles. The number of methoxy groups -OCH3 is 1. The largest absolute Gasteiger partial charge is 0.467 e. The van der Waals surface area contributed by atoms with Crippen molar-refractivity contribution in [3.63, 3.8) is 0 Å². The lowest BCUT2D eigenvalue weighted by Crippen LogP contribution is -2.46. The molecule has 2 rings (SSSR count). The van der Waals surface area contributed by atoms with Crippen LogP contribution in [0.2, 0.25) is 6.32 Å². The maximum atomic E-state index is 12.5. The van der Waals surface area contributed by atoms with Crippen LogP contribution in [0.5, 0.6) is 0 Å². The average Bonchev–Trinajstić information content (AvgIpc) is 3.03. The molecular weight excluding hydrogens is 361 g/mol. The van der Waals surface area contributed by atoms with Gasteiger partial charge in [-0.3, -0.25) is 4.90 Å². The van der Waals surface area contributed by atoms with E-state index in [1.165, 1.54) is 12.0 Å². The van der Waals surface area contributed by atoms with Crippen LogP contribution < -0.4 is 0 Å². The molecule has 28 heavy (non-hydrogen) atoms. The molecule has 2 heterocycles. The summed E-state index contributed by atoms with van der Waals surface area (Å²) in [5.41, 5.74) is -1.28. The molecule has 2 aliphatic rings. The smallest absolute Gasteiger partial charge is 0.457 e. The van der Waals surface area contributed by atoms with Gasteiger partial charge in [0.1, 0.15) is 11.6 Å². The Bertz CT molecular complexity index is 570. The second-order valence-corrected chi connectivity index (χ2v) is 9.81. The van der Waals surface area contributed by atoms with Gasteiger partial charge in [0.15, 0.2) is 0 Å². The first-order valence-electron chi connectivity index (χ1n) is 10.2. The summed E-state index contributed by atoms with van der Waals surface area (Å²) in [5.74, 6) is -0.341. The Hall–Kier alpha value is -1.28. The number of amides is 1. The number of hydrogen-bond donors (Lipinski definition) is 0. The molecule has 2 atom stereocenters. The van der Waals surface area contributed by atoms with E-state index in [2.05, 4.69) is 0 Å². The highest BCUT2D eigenvalue weighted by molar-refractivity contribution is 6.45. The highest BCUT2D eigenvalue weighted by atomic mass is 16.7. The van der Waals surface area contributed by atoms with Gasteiger partial charge >= 0.3 is 19.2 Å². The molecule has 0 bridgehead atoms. The molecular formula is C20H36BNO6. The van der Waals surface area contributed by atoms with E-state index in [0.29, 0.717) is 6.54 Å². The van der Waals surface area contributed by atoms with Gasteiger partial charge in [-0.1, -0.05) is 6.42 Å². The third kappa shape index (κ3) is 5.20. The Morgan fingerprint density at radius 3 is 2.21 bits per heavy atom. The molecule has 2 fully saturated rings. The summed E-state index contributed by atoms with van der Waals surface area (Å²) in [6, 6.07) is -0.599. The second-order valence-electron chi connectivity index (χ2n) is 9.81. The van der Waals surface area contributed by atoms with E-state index in [1.807, 2.05) is 48.5 Å². The van der Waals surface area contributed by atoms with Crippen LogP contribution in [0.15, 0.2) is 0 Å². The zero-order valence-electron chi connectivity index (χ0n) is 18.7. The minimum atomic E-state index is -0.605. The fourth-order valence-electron chi connectivity index (χ4n) is 3.75. The van der Waals surface area contributed by atoms with Crippen LogP contribution in [-0.4, -0.2) is 60.6 Å². The number of rotatable bonds is 5. The number of nitrogens with zero attached hydrogens (tertiary/aromatic N) is 1. The Labute approximate surface area is 169 Å². The molecule has 0 aliphatic carbocycles. The van der Waals surface area contributed by atoms with Crippen molar-refractivity contribution in [2.45, 2.75) is 96.9 Å². The maximum absolute atomic E-state index is 12.5. The first-order chi connectivity index (χ1) is 12.8. The Morgan fingerprint density at radius 1 is 1.14 bits per heavy atom. The fourth-order valence-corrected chi connectivity index (χ4v) is 3.75. The van der Waals surface area contributed by atoms with Gasteiger partial charge in [0.2, 0.25) is 0 Å². The summed E-state index contributed by atoms with van der Waals surface area (Å²) in [6.07, 6.45) is 2.68. The van der Waals surface area contributed by atoms with Gasteiger partial charge in [-0.05, 0) is 73.5 Å². The van der Waals surface area contributed by atoms with Crippen LogP contribution in [0.25, 0.3) is 0 Å². The van der Waals surface area contributed by atoms with Crippen LogP contribution >= 0.6 is 0 Å². The molecule has 7 nitrogen and oxygen atoms in total. The van der Waals surface area contributed by atoms with Gasteiger partial charge in [0.25, 0.3) is 0 Å². The molecule has 8 heteroatoms. The fraction of sp³-hybridized carbons (Fsp3) is 0.900. The van der Waals surface area contributed by atoms with Crippen molar-refractivity contribution in [1.82, 2.24) is 4.90 Å². The monoisotopic (exact) mass is 397 g/mol. The number of esters is 1. The van der Waals surface area contributed by atoms with Gasteiger partial charge in [-0.15, -0.1) is 0 Å². The van der Waals surface area contributed by atoms with E-state index in [1.54, 1.807) is 0 Å². The Kier molecular flexibility index (Phi) is 6.76. The van der Waals surface area contributed by atoms with Crippen molar-refractivity contribution in [2.24, 2.45) is 5.92 Å². The SMILES string of the molecule is COC(=O)[C@H]1[C@@H](CCCB2OC(C)(C)C(C)(C)O2)CCN1C(=O)OC(C)(C)C. The van der Waals surface area contributed by atoms with Crippen LogP contribution in [-0.2, 0) is 23.6 Å². The van der Waals surface area contributed by atoms with Crippen molar-refractivity contribution in [2.75, 3.05) is 13.7 Å². The summed E-state index contributed by atoms with van der Waals surface area (Å²) < 4.78 is 22.5. The third-order valence-corrected chi connectivity index (χ3v) is 5.91. The van der Waals surface area contributed by atoms with E-state index in [4.69, 9.17) is 18.8 Å². The molecule has 0 aromatic heterocycles. The molecule has 160 valence electrons. The van der Waals surface area contributed by atoms with Crippen molar-refractivity contribution in [3.05, 3.63) is 0 Å². The lowest BCUT2D eigenvalue weighted by atomic mass is 9.80. The van der Waals surface area contributed by atoms with Gasteiger partial charge < -0.3 is 18.8 Å². The average molecular weight is 397 g/mol. The van der Waals surface area contributed by atoms with Crippen molar-refractivity contribution in [3.8, 4) is 0 Å². The molecule has 0 radical (unpaired) electrons. The maximum Gasteiger partial charge on any atom is 0.457 e. The molecule has 0 N–H and O–H groups in total. The highest BCUT2D eigenvalue weighted by Gasteiger charge is 2.51. The predicted molar refractivity (Wildman–Crippen MR) is 107 cm³/mol. The number of ether oxygens (including phenoxy) is 2. The van der Waals surface area contributed by atoms with Crippen LogP contribution in [0.4, 0.5) is 4.79 Å². The zero-order valence-corrected chi connectivity index (χ0v) is 18.7. The minimum Gasteiger partial charge on any atom is -0.467 e. The molecule has 0 spiro atoms. The van der Waals surface area contributed by atoms with E-state index in [0.717, 1.165) is 25.6 Å². The standard InChI is InChI=1S/C20H36BNO6/c1-18(2,3)26-17(24)22-13-11-14(15(22)16(23)25-8)10-9-12-21-27-19(4,5)20(6,7)28-21/h14-15H,9-13H2,1-8H3/t14-,15+/m0/s1. The lowest BCUT2D eigenvalue weighted by molar-refractivity contribution is -0.147. The Balaban J connectivity index is 1.94. The number of carbonyl (C=O) groups is 2. The minimum absolute atomic E-state index is 0.0439. The second kappa shape index (κ2) is 8.23. The van der Waals surface area contributed by atoms with Crippen LogP contribution in [0.3, 0.4) is 0 Å². The molecule has 0 saturated carbocycles. The number of likely N-dealkylation sites (tertiary alicyclic amines) is 1. The van der Waals surface area contributed by atoms with E-state index >= 15 is 0 Å². The zero-order chi connectivity index (χ0) is 21.3. The summed E-state index contributed by atoms with van der Waals surface area (Å²) in [5, 5.41) is 0. The highest BCUT2D eigenvalue weighted by Crippen LogP contribution is 2.39. The van der Waals surface area contributed by atoms with E-state index in [-0.39, 0.29) is 30.2 Å². The normalized spacial score (nSPS) is 26.4. The summed E-state index contributed by atoms with van der Waals surface area (Å²) in [6.45, 7) is 14.1. The number of carbonyl (C=O) groups excluding carboxylic acids is 2. The predicted octanol–water partition coefficient (Wildman–Crippen LogP) is 3.66. The Morgan fingerprint density at radius 2 is 1.71 bits per heavy atom. The molecule has 0 aromatic rings. The quantitative estimate of drug-likeness (QED) is 0.521. The summed E-state index contributed by atoms with van der Waals surface area (Å²) >= 11 is 0. The van der Waals surface area contributed by atoms with E-state index in [9.17, 15) is 9.59 Å². The third-order valence-electron chi connectivity index (χ3n) is 5.91. The topological polar surface area (TPSA) is 74.3 Å². The van der Waals surface area contributed by atoms with Gasteiger partial charge in [0.05, 0.1) is 18.3 Å². The van der Waals surface area contributed by atoms with Gasteiger partial charge in [0, 0.05) is 6.54 Å². The van der Waals surface area contributed by atoms with Crippen LogP contribution in [0.1, 0.15) is 67.7 Å². The van der Waals surface area contributed by atoms with Crippen molar-refractivity contribution < 1.29 is 28.4 Å². The van der Waals surface area contributed by atoms with Crippen molar-refractivity contribution >= 4 is 19.2 Å². The van der Waals surface area contributed by atoms with Gasteiger partial charge in [-0.2, -0.15) is 0 Å². The number of hydrogen-bond acceptors (Lipinski definition) is 6. The lowest BCUT2D eigenvalue weighted by Gasteiger charge is -2.32. The molecule has 2 aliphatic heterocycles. The first-order valence-corrected chi connectivity index (χ1v) is 10.2. The van der Waals surface area contributed by atoms with Crippen molar-refractivity contribution in [1.29, 1.82) is 0 Å².